The summed E-state index contributed by atoms with van der Waals surface area (Å²) in [6.45, 7) is 0.585. The number of sulfone groups is 1. The van der Waals surface area contributed by atoms with Crippen molar-refractivity contribution in [2.75, 3.05) is 18.6 Å². The smallest absolute Gasteiger partial charge is 0.303 e. The molecule has 1 atom stereocenters. The molecule has 1 aliphatic carbocycles. The summed E-state index contributed by atoms with van der Waals surface area (Å²) in [5.74, 6) is -0.918. The molecule has 7 heteroatoms. The van der Waals surface area contributed by atoms with Crippen molar-refractivity contribution < 1.29 is 23.1 Å². The topological polar surface area (TPSA) is 91.8 Å². The third-order valence-corrected chi connectivity index (χ3v) is 6.15. The van der Waals surface area contributed by atoms with Crippen LogP contribution in [0.2, 0.25) is 0 Å². The van der Waals surface area contributed by atoms with Crippen molar-refractivity contribution in [2.24, 2.45) is 5.41 Å². The Hall–Kier alpha value is -1.11. The number of aliphatic carboxylic acids is 1. The Bertz CT molecular complexity index is 551. The second-order valence-electron chi connectivity index (χ2n) is 7.28. The summed E-state index contributed by atoms with van der Waals surface area (Å²) in [5.41, 5.74) is -0.445. The fraction of sp³-hybridized carbons (Fsp3) is 0.875. The molecule has 132 valence electrons. The van der Waals surface area contributed by atoms with Crippen LogP contribution in [0.3, 0.4) is 0 Å². The van der Waals surface area contributed by atoms with E-state index in [0.717, 1.165) is 38.5 Å². The summed E-state index contributed by atoms with van der Waals surface area (Å²) in [4.78, 5) is 25.6. The number of hydrogen-bond acceptors (Lipinski definition) is 4. The molecule has 6 nitrogen and oxygen atoms in total. The molecule has 1 saturated carbocycles. The van der Waals surface area contributed by atoms with Gasteiger partial charge in [-0.15, -0.1) is 0 Å². The second-order valence-corrected chi connectivity index (χ2v) is 9.47. The first-order chi connectivity index (χ1) is 10.7. The van der Waals surface area contributed by atoms with Crippen LogP contribution < -0.4 is 0 Å². The van der Waals surface area contributed by atoms with E-state index in [1.165, 1.54) is 6.26 Å². The Morgan fingerprint density at radius 2 is 1.78 bits per heavy atom. The number of hydrogen-bond donors (Lipinski definition) is 1. The number of carbonyl (C=O) groups excluding carboxylic acids is 1. The summed E-state index contributed by atoms with van der Waals surface area (Å²) >= 11 is 0. The lowest BCUT2D eigenvalue weighted by atomic mass is 9.69. The Labute approximate surface area is 138 Å². The highest BCUT2D eigenvalue weighted by atomic mass is 32.2. The van der Waals surface area contributed by atoms with Gasteiger partial charge in [-0.1, -0.05) is 19.3 Å². The zero-order chi connectivity index (χ0) is 17.1. The maximum absolute atomic E-state index is 12.7. The molecule has 2 rings (SSSR count). The zero-order valence-corrected chi connectivity index (χ0v) is 14.6. The summed E-state index contributed by atoms with van der Waals surface area (Å²) in [6.07, 6.45) is 7.56. The molecule has 1 aliphatic heterocycles. The predicted molar refractivity (Wildman–Crippen MR) is 86.8 cm³/mol. The zero-order valence-electron chi connectivity index (χ0n) is 13.8. The van der Waals surface area contributed by atoms with Crippen LogP contribution in [0, 0.1) is 5.41 Å². The van der Waals surface area contributed by atoms with E-state index >= 15 is 0 Å². The van der Waals surface area contributed by atoms with Crippen molar-refractivity contribution in [3.8, 4) is 0 Å². The maximum Gasteiger partial charge on any atom is 0.303 e. The maximum atomic E-state index is 12.7. The first-order valence-corrected chi connectivity index (χ1v) is 10.5. The van der Waals surface area contributed by atoms with Gasteiger partial charge in [-0.05, 0) is 31.1 Å². The van der Waals surface area contributed by atoms with E-state index in [1.807, 2.05) is 0 Å². The normalized spacial score (nSPS) is 24.6. The van der Waals surface area contributed by atoms with Gasteiger partial charge in [0.15, 0.2) is 0 Å². The lowest BCUT2D eigenvalue weighted by molar-refractivity contribution is -0.142. The minimum Gasteiger partial charge on any atom is -0.481 e. The summed E-state index contributed by atoms with van der Waals surface area (Å²) in [7, 11) is -3.13. The van der Waals surface area contributed by atoms with Crippen molar-refractivity contribution >= 4 is 21.7 Å². The van der Waals surface area contributed by atoms with Crippen LogP contribution in [0.15, 0.2) is 0 Å². The van der Waals surface area contributed by atoms with E-state index in [9.17, 15) is 23.1 Å². The fourth-order valence-electron chi connectivity index (χ4n) is 4.15. The monoisotopic (exact) mass is 345 g/mol. The van der Waals surface area contributed by atoms with Gasteiger partial charge in [-0.25, -0.2) is 8.42 Å². The molecule has 0 aromatic carbocycles. The van der Waals surface area contributed by atoms with Gasteiger partial charge in [0.1, 0.15) is 9.84 Å². The first-order valence-electron chi connectivity index (χ1n) is 8.40. The minimum absolute atomic E-state index is 0.00463. The van der Waals surface area contributed by atoms with Gasteiger partial charge in [0.05, 0.1) is 12.2 Å². The van der Waals surface area contributed by atoms with Crippen LogP contribution in [0.5, 0.6) is 0 Å². The molecule has 2 aliphatic rings. The highest BCUT2D eigenvalue weighted by Gasteiger charge is 2.40. The van der Waals surface area contributed by atoms with E-state index in [-0.39, 0.29) is 30.5 Å². The lowest BCUT2D eigenvalue weighted by Gasteiger charge is -2.37. The number of carboxylic acids is 1. The van der Waals surface area contributed by atoms with Crippen LogP contribution in [-0.4, -0.2) is 54.9 Å². The van der Waals surface area contributed by atoms with E-state index in [0.29, 0.717) is 13.0 Å². The van der Waals surface area contributed by atoms with Crippen LogP contribution in [0.25, 0.3) is 0 Å². The molecular weight excluding hydrogens is 318 g/mol. The third kappa shape index (κ3) is 5.19. The Morgan fingerprint density at radius 1 is 1.13 bits per heavy atom. The van der Waals surface area contributed by atoms with E-state index in [4.69, 9.17) is 0 Å². The summed E-state index contributed by atoms with van der Waals surface area (Å²) < 4.78 is 23.1. The summed E-state index contributed by atoms with van der Waals surface area (Å²) in [6, 6.07) is -0.247. The molecule has 0 unspecified atom stereocenters. The second kappa shape index (κ2) is 7.20. The largest absolute Gasteiger partial charge is 0.481 e. The average Bonchev–Trinajstić information content (AvgIpc) is 2.84. The van der Waals surface area contributed by atoms with Crippen molar-refractivity contribution in [3.05, 3.63) is 0 Å². The number of likely N-dealkylation sites (tertiary alicyclic amines) is 1. The van der Waals surface area contributed by atoms with Gasteiger partial charge in [0.25, 0.3) is 0 Å². The van der Waals surface area contributed by atoms with E-state index < -0.39 is 21.2 Å². The Balaban J connectivity index is 2.07. The number of rotatable bonds is 6. The molecule has 1 saturated heterocycles. The van der Waals surface area contributed by atoms with Crippen LogP contribution in [0.1, 0.15) is 57.8 Å². The van der Waals surface area contributed by atoms with E-state index in [1.54, 1.807) is 4.90 Å². The standard InChI is InChI=1S/C16H27NO5S/c1-23(21,22)12-13-6-5-9-17(13)14(18)10-16(11-15(19)20)7-3-2-4-8-16/h13H,2-12H2,1H3,(H,19,20)/t13-/m1/s1. The molecule has 1 N–H and O–H groups in total. The molecule has 0 spiro atoms. The average molecular weight is 345 g/mol. The molecule has 0 aromatic heterocycles. The highest BCUT2D eigenvalue weighted by Crippen LogP contribution is 2.43. The van der Waals surface area contributed by atoms with Gasteiger partial charge >= 0.3 is 5.97 Å². The van der Waals surface area contributed by atoms with Gasteiger partial charge in [-0.3, -0.25) is 9.59 Å². The number of carboxylic acid groups (broad SMARTS) is 1. The van der Waals surface area contributed by atoms with Crippen LogP contribution >= 0.6 is 0 Å². The Morgan fingerprint density at radius 3 is 2.35 bits per heavy atom. The van der Waals surface area contributed by atoms with Crippen LogP contribution in [-0.2, 0) is 19.4 Å². The molecule has 0 radical (unpaired) electrons. The van der Waals surface area contributed by atoms with Gasteiger partial charge < -0.3 is 10.0 Å². The highest BCUT2D eigenvalue weighted by molar-refractivity contribution is 7.90. The van der Waals surface area contributed by atoms with Crippen molar-refractivity contribution in [1.82, 2.24) is 4.90 Å². The summed E-state index contributed by atoms with van der Waals surface area (Å²) in [5, 5.41) is 9.21. The van der Waals surface area contributed by atoms with Gasteiger partial charge in [0.2, 0.25) is 5.91 Å². The van der Waals surface area contributed by atoms with Gasteiger partial charge in [-0.2, -0.15) is 0 Å². The minimum atomic E-state index is -3.13. The lowest BCUT2D eigenvalue weighted by Crippen LogP contribution is -2.42. The molecule has 1 heterocycles. The predicted octanol–water partition coefficient (Wildman–Crippen LogP) is 1.84. The quantitative estimate of drug-likeness (QED) is 0.793. The molecule has 0 aromatic rings. The third-order valence-electron chi connectivity index (χ3n) is 5.16. The molecular formula is C16H27NO5S. The van der Waals surface area contributed by atoms with Crippen molar-refractivity contribution in [3.63, 3.8) is 0 Å². The number of carbonyl (C=O) groups is 2. The SMILES string of the molecule is CS(=O)(=O)C[C@H]1CCCN1C(=O)CC1(CC(=O)O)CCCCC1. The van der Waals surface area contributed by atoms with Crippen molar-refractivity contribution in [2.45, 2.75) is 63.8 Å². The first kappa shape index (κ1) is 18.2. The van der Waals surface area contributed by atoms with Crippen LogP contribution in [0.4, 0.5) is 0 Å². The van der Waals surface area contributed by atoms with Crippen molar-refractivity contribution in [1.29, 1.82) is 0 Å². The van der Waals surface area contributed by atoms with E-state index in [2.05, 4.69) is 0 Å². The molecule has 0 bridgehead atoms. The Kier molecular flexibility index (Phi) is 5.70. The van der Waals surface area contributed by atoms with Gasteiger partial charge in [0, 0.05) is 25.3 Å². The molecule has 2 fully saturated rings. The number of nitrogens with zero attached hydrogens (tertiary/aromatic N) is 1. The molecule has 23 heavy (non-hydrogen) atoms. The number of amides is 1. The molecule has 1 amide bonds. The fourth-order valence-corrected chi connectivity index (χ4v) is 5.19.